The van der Waals surface area contributed by atoms with Crippen LogP contribution in [0, 0.1) is 11.3 Å². The van der Waals surface area contributed by atoms with Gasteiger partial charge in [-0.2, -0.15) is 0 Å². The third-order valence-corrected chi connectivity index (χ3v) is 6.63. The Morgan fingerprint density at radius 3 is 2.56 bits per heavy atom. The van der Waals surface area contributed by atoms with E-state index in [1.165, 1.54) is 6.42 Å². The Morgan fingerprint density at radius 2 is 1.93 bits per heavy atom. The number of hydrogen-bond donors (Lipinski definition) is 2. The number of carbonyl (C=O) groups is 1. The average molecular weight is 380 g/mol. The van der Waals surface area contributed by atoms with Crippen LogP contribution in [0.25, 0.3) is 0 Å². The first-order chi connectivity index (χ1) is 12.8. The molecule has 0 aromatic rings. The van der Waals surface area contributed by atoms with Crippen LogP contribution in [0.5, 0.6) is 0 Å². The number of likely N-dealkylation sites (N-methyl/N-ethyl adjacent to an activating group) is 1. The normalized spacial score (nSPS) is 31.6. The summed E-state index contributed by atoms with van der Waals surface area (Å²) in [6.07, 6.45) is 4.83. The third kappa shape index (κ3) is 4.40. The third-order valence-electron chi connectivity index (χ3n) is 6.63. The fourth-order valence-corrected chi connectivity index (χ4v) is 4.90. The molecule has 0 spiro atoms. The number of likely N-dealkylation sites (tertiary alicyclic amines) is 1. The summed E-state index contributed by atoms with van der Waals surface area (Å²) in [5.41, 5.74) is 0.138. The van der Waals surface area contributed by atoms with Crippen molar-refractivity contribution in [2.75, 3.05) is 47.4 Å². The van der Waals surface area contributed by atoms with Gasteiger partial charge >= 0.3 is 0 Å². The number of nitrogens with zero attached hydrogens (tertiary/aromatic N) is 3. The van der Waals surface area contributed by atoms with Crippen molar-refractivity contribution in [3.05, 3.63) is 0 Å². The van der Waals surface area contributed by atoms with Gasteiger partial charge in [0, 0.05) is 64.3 Å². The number of aliphatic imine (C=N–C) groups is 1. The number of ether oxygens (including phenoxy) is 1. The largest absolute Gasteiger partial charge is 0.377 e. The fourth-order valence-electron chi connectivity index (χ4n) is 4.90. The molecule has 3 rings (SSSR count). The summed E-state index contributed by atoms with van der Waals surface area (Å²) in [5, 5.41) is 7.29. The number of amides is 1. The summed E-state index contributed by atoms with van der Waals surface area (Å²) in [5.74, 6) is 1.67. The molecule has 3 atom stereocenters. The SMILES string of the molecule is CN=C(NC1CCN(CC(=O)N(C)C)CC1)NC1C2CCCOC2C1(C)C. The van der Waals surface area contributed by atoms with Crippen LogP contribution in [0.1, 0.15) is 39.5 Å². The number of carbonyl (C=O) groups excluding carboxylic acids is 1. The molecule has 2 saturated heterocycles. The number of nitrogens with one attached hydrogen (secondary N) is 2. The maximum atomic E-state index is 11.9. The lowest BCUT2D eigenvalue weighted by Crippen LogP contribution is -2.71. The lowest BCUT2D eigenvalue weighted by molar-refractivity contribution is -0.188. The van der Waals surface area contributed by atoms with Gasteiger partial charge in [-0.1, -0.05) is 13.8 Å². The zero-order valence-electron chi connectivity index (χ0n) is 17.6. The predicted molar refractivity (Wildman–Crippen MR) is 108 cm³/mol. The van der Waals surface area contributed by atoms with E-state index in [-0.39, 0.29) is 11.3 Å². The van der Waals surface area contributed by atoms with Crippen LogP contribution in [-0.2, 0) is 9.53 Å². The molecule has 3 aliphatic rings. The van der Waals surface area contributed by atoms with E-state index in [4.69, 9.17) is 4.74 Å². The van der Waals surface area contributed by atoms with E-state index < -0.39 is 0 Å². The van der Waals surface area contributed by atoms with Crippen molar-refractivity contribution in [2.45, 2.75) is 57.7 Å². The Labute approximate surface area is 163 Å². The molecular weight excluding hydrogens is 342 g/mol. The molecule has 2 N–H and O–H groups in total. The van der Waals surface area contributed by atoms with E-state index in [1.54, 1.807) is 4.90 Å². The molecule has 154 valence electrons. The number of piperidine rings is 1. The zero-order valence-corrected chi connectivity index (χ0v) is 17.6. The molecule has 3 unspecified atom stereocenters. The molecule has 1 saturated carbocycles. The van der Waals surface area contributed by atoms with Gasteiger partial charge in [0.1, 0.15) is 0 Å². The van der Waals surface area contributed by atoms with Gasteiger partial charge in [-0.3, -0.25) is 14.7 Å². The Kier molecular flexibility index (Phi) is 6.31. The number of hydrogen-bond acceptors (Lipinski definition) is 4. The summed E-state index contributed by atoms with van der Waals surface area (Å²) in [6.45, 7) is 7.91. The van der Waals surface area contributed by atoms with Crippen molar-refractivity contribution in [1.82, 2.24) is 20.4 Å². The predicted octanol–water partition coefficient (Wildman–Crippen LogP) is 0.908. The summed E-state index contributed by atoms with van der Waals surface area (Å²) in [4.78, 5) is 20.3. The van der Waals surface area contributed by atoms with E-state index in [0.717, 1.165) is 44.9 Å². The molecule has 0 radical (unpaired) electrons. The Hall–Kier alpha value is -1.34. The number of rotatable bonds is 4. The van der Waals surface area contributed by atoms with Crippen LogP contribution in [0.15, 0.2) is 4.99 Å². The van der Waals surface area contributed by atoms with Gasteiger partial charge in [-0.05, 0) is 25.7 Å². The summed E-state index contributed by atoms with van der Waals surface area (Å²) >= 11 is 0. The minimum Gasteiger partial charge on any atom is -0.377 e. The van der Waals surface area contributed by atoms with Gasteiger partial charge in [-0.25, -0.2) is 0 Å². The second-order valence-corrected chi connectivity index (χ2v) is 9.10. The maximum absolute atomic E-state index is 11.9. The van der Waals surface area contributed by atoms with E-state index in [9.17, 15) is 4.79 Å². The minimum atomic E-state index is 0.138. The topological polar surface area (TPSA) is 69.2 Å². The second-order valence-electron chi connectivity index (χ2n) is 9.10. The highest BCUT2D eigenvalue weighted by Crippen LogP contribution is 2.51. The standard InChI is InChI=1S/C20H37N5O2/c1-20(2)17(15-7-6-12-27-18(15)20)23-19(21-3)22-14-8-10-25(11-9-14)13-16(26)24(4)5/h14-15,17-18H,6-13H2,1-5H3,(H2,21,22,23). The molecule has 0 bridgehead atoms. The molecular formula is C20H37N5O2. The lowest BCUT2D eigenvalue weighted by atomic mass is 9.55. The van der Waals surface area contributed by atoms with Crippen LogP contribution < -0.4 is 10.6 Å². The van der Waals surface area contributed by atoms with Crippen LogP contribution in [0.4, 0.5) is 0 Å². The number of fused-ring (bicyclic) bond motifs is 1. The highest BCUT2D eigenvalue weighted by molar-refractivity contribution is 5.80. The molecule has 7 nitrogen and oxygen atoms in total. The molecule has 3 fully saturated rings. The molecule has 2 heterocycles. The Bertz CT molecular complexity index is 555. The summed E-state index contributed by atoms with van der Waals surface area (Å²) in [7, 11) is 5.48. The highest BCUT2D eigenvalue weighted by Gasteiger charge is 2.58. The van der Waals surface area contributed by atoms with Gasteiger partial charge in [0.2, 0.25) is 5.91 Å². The van der Waals surface area contributed by atoms with Crippen LogP contribution >= 0.6 is 0 Å². The molecule has 0 aromatic carbocycles. The number of guanidine groups is 1. The van der Waals surface area contributed by atoms with Crippen LogP contribution in [-0.4, -0.2) is 87.2 Å². The van der Waals surface area contributed by atoms with Crippen molar-refractivity contribution in [1.29, 1.82) is 0 Å². The summed E-state index contributed by atoms with van der Waals surface area (Å²) < 4.78 is 6.01. The monoisotopic (exact) mass is 379 g/mol. The van der Waals surface area contributed by atoms with Crippen molar-refractivity contribution >= 4 is 11.9 Å². The minimum absolute atomic E-state index is 0.138. The van der Waals surface area contributed by atoms with Crippen molar-refractivity contribution in [2.24, 2.45) is 16.3 Å². The molecule has 0 aromatic heterocycles. The van der Waals surface area contributed by atoms with Crippen molar-refractivity contribution in [3.8, 4) is 0 Å². The molecule has 27 heavy (non-hydrogen) atoms. The maximum Gasteiger partial charge on any atom is 0.236 e. The lowest BCUT2D eigenvalue weighted by Gasteiger charge is -2.60. The second kappa shape index (κ2) is 8.35. The van der Waals surface area contributed by atoms with E-state index in [1.807, 2.05) is 21.1 Å². The van der Waals surface area contributed by atoms with Crippen molar-refractivity contribution < 1.29 is 9.53 Å². The van der Waals surface area contributed by atoms with Gasteiger partial charge in [0.15, 0.2) is 5.96 Å². The van der Waals surface area contributed by atoms with Gasteiger partial charge in [0.05, 0.1) is 12.6 Å². The van der Waals surface area contributed by atoms with Crippen molar-refractivity contribution in [3.63, 3.8) is 0 Å². The molecule has 1 amide bonds. The van der Waals surface area contributed by atoms with E-state index in [0.29, 0.717) is 30.7 Å². The van der Waals surface area contributed by atoms with E-state index >= 15 is 0 Å². The van der Waals surface area contributed by atoms with Crippen LogP contribution in [0.2, 0.25) is 0 Å². The highest BCUT2D eigenvalue weighted by atomic mass is 16.5. The quantitative estimate of drug-likeness (QED) is 0.561. The fraction of sp³-hybridized carbons (Fsp3) is 0.900. The Morgan fingerprint density at radius 1 is 1.22 bits per heavy atom. The van der Waals surface area contributed by atoms with Crippen LogP contribution in [0.3, 0.4) is 0 Å². The zero-order chi connectivity index (χ0) is 19.6. The first kappa shape index (κ1) is 20.4. The smallest absolute Gasteiger partial charge is 0.236 e. The summed E-state index contributed by atoms with van der Waals surface area (Å²) in [6, 6.07) is 0.815. The molecule has 2 aliphatic heterocycles. The molecule has 7 heteroatoms. The van der Waals surface area contributed by atoms with Gasteiger partial charge in [0.25, 0.3) is 0 Å². The van der Waals surface area contributed by atoms with Gasteiger partial charge < -0.3 is 20.3 Å². The Balaban J connectivity index is 1.47. The van der Waals surface area contributed by atoms with Gasteiger partial charge in [-0.15, -0.1) is 0 Å². The molecule has 1 aliphatic carbocycles. The first-order valence-corrected chi connectivity index (χ1v) is 10.4. The first-order valence-electron chi connectivity index (χ1n) is 10.4. The van der Waals surface area contributed by atoms with E-state index in [2.05, 4.69) is 34.4 Å². The average Bonchev–Trinajstić information content (AvgIpc) is 2.66.